The molecule has 2 N–H and O–H groups in total. The van der Waals surface area contributed by atoms with Crippen LogP contribution in [-0.2, 0) is 6.54 Å². The van der Waals surface area contributed by atoms with Crippen LogP contribution >= 0.6 is 11.6 Å². The first-order valence-electron chi connectivity index (χ1n) is 5.99. The standard InChI is InChI=1S/C14H18ClN3/c1-14(2,3)17-9-13-16-8-12(18-13)10-5-4-6-11(15)7-10/h4-8,17H,9H2,1-3H3,(H,16,18). The van der Waals surface area contributed by atoms with Crippen LogP contribution < -0.4 is 5.32 Å². The van der Waals surface area contributed by atoms with Gasteiger partial charge >= 0.3 is 0 Å². The van der Waals surface area contributed by atoms with Crippen molar-refractivity contribution in [3.8, 4) is 11.3 Å². The summed E-state index contributed by atoms with van der Waals surface area (Å²) >= 11 is 5.98. The molecule has 0 spiro atoms. The molecule has 2 aromatic rings. The molecule has 0 aliphatic carbocycles. The van der Waals surface area contributed by atoms with Crippen molar-refractivity contribution in [2.75, 3.05) is 0 Å². The van der Waals surface area contributed by atoms with Crippen LogP contribution in [0.3, 0.4) is 0 Å². The molecule has 0 aliphatic rings. The van der Waals surface area contributed by atoms with Gasteiger partial charge in [0.1, 0.15) is 5.82 Å². The molecule has 96 valence electrons. The number of hydrogen-bond donors (Lipinski definition) is 2. The number of benzene rings is 1. The van der Waals surface area contributed by atoms with Crippen molar-refractivity contribution < 1.29 is 0 Å². The number of nitrogens with one attached hydrogen (secondary N) is 2. The summed E-state index contributed by atoms with van der Waals surface area (Å²) in [6.07, 6.45) is 1.84. The number of halogens is 1. The number of hydrogen-bond acceptors (Lipinski definition) is 2. The van der Waals surface area contributed by atoms with Crippen molar-refractivity contribution in [3.63, 3.8) is 0 Å². The molecule has 1 aromatic carbocycles. The molecule has 0 saturated carbocycles. The second-order valence-electron chi connectivity index (χ2n) is 5.36. The summed E-state index contributed by atoms with van der Waals surface area (Å²) in [4.78, 5) is 7.66. The lowest BCUT2D eigenvalue weighted by atomic mass is 10.1. The highest BCUT2D eigenvalue weighted by atomic mass is 35.5. The van der Waals surface area contributed by atoms with Crippen molar-refractivity contribution in [1.82, 2.24) is 15.3 Å². The summed E-state index contributed by atoms with van der Waals surface area (Å²) < 4.78 is 0. The SMILES string of the molecule is CC(C)(C)NCc1ncc(-c2cccc(Cl)c2)[nH]1. The average molecular weight is 264 g/mol. The summed E-state index contributed by atoms with van der Waals surface area (Å²) in [5.74, 6) is 0.930. The third-order valence-electron chi connectivity index (χ3n) is 2.55. The molecule has 0 saturated heterocycles. The first kappa shape index (κ1) is 13.1. The Labute approximate surface area is 113 Å². The van der Waals surface area contributed by atoms with Gasteiger partial charge in [0.2, 0.25) is 0 Å². The van der Waals surface area contributed by atoms with Gasteiger partial charge in [-0.25, -0.2) is 4.98 Å². The zero-order valence-electron chi connectivity index (χ0n) is 10.9. The van der Waals surface area contributed by atoms with E-state index in [9.17, 15) is 0 Å². The van der Waals surface area contributed by atoms with Crippen molar-refractivity contribution in [2.24, 2.45) is 0 Å². The van der Waals surface area contributed by atoms with Crippen LogP contribution in [0.15, 0.2) is 30.5 Å². The molecule has 1 heterocycles. The van der Waals surface area contributed by atoms with E-state index in [4.69, 9.17) is 11.6 Å². The molecule has 0 atom stereocenters. The first-order valence-corrected chi connectivity index (χ1v) is 6.37. The van der Waals surface area contributed by atoms with Crippen LogP contribution in [0.25, 0.3) is 11.3 Å². The lowest BCUT2D eigenvalue weighted by molar-refractivity contribution is 0.418. The number of aromatic amines is 1. The molecule has 1 aromatic heterocycles. The second kappa shape index (κ2) is 5.12. The van der Waals surface area contributed by atoms with E-state index < -0.39 is 0 Å². The van der Waals surface area contributed by atoms with Gasteiger partial charge in [0, 0.05) is 16.1 Å². The monoisotopic (exact) mass is 263 g/mol. The maximum Gasteiger partial charge on any atom is 0.120 e. The second-order valence-corrected chi connectivity index (χ2v) is 5.79. The predicted octanol–water partition coefficient (Wildman–Crippen LogP) is 3.62. The lowest BCUT2D eigenvalue weighted by Crippen LogP contribution is -2.35. The Kier molecular flexibility index (Phi) is 3.73. The molecule has 18 heavy (non-hydrogen) atoms. The third-order valence-corrected chi connectivity index (χ3v) is 2.79. The summed E-state index contributed by atoms with van der Waals surface area (Å²) in [6, 6.07) is 7.74. The van der Waals surface area contributed by atoms with Gasteiger partial charge in [0.15, 0.2) is 0 Å². The van der Waals surface area contributed by atoms with E-state index in [0.29, 0.717) is 0 Å². The van der Waals surface area contributed by atoms with Crippen molar-refractivity contribution in [1.29, 1.82) is 0 Å². The number of nitrogens with zero attached hydrogens (tertiary/aromatic N) is 1. The maximum absolute atomic E-state index is 5.98. The van der Waals surface area contributed by atoms with Gasteiger partial charge in [0.25, 0.3) is 0 Å². The Morgan fingerprint density at radius 2 is 2.11 bits per heavy atom. The number of rotatable bonds is 3. The Balaban J connectivity index is 2.11. The minimum absolute atomic E-state index is 0.0863. The zero-order chi connectivity index (χ0) is 13.2. The summed E-state index contributed by atoms with van der Waals surface area (Å²) in [7, 11) is 0. The summed E-state index contributed by atoms with van der Waals surface area (Å²) in [5.41, 5.74) is 2.13. The van der Waals surface area contributed by atoms with E-state index in [0.717, 1.165) is 28.6 Å². The zero-order valence-corrected chi connectivity index (χ0v) is 11.7. The van der Waals surface area contributed by atoms with Crippen LogP contribution in [0.2, 0.25) is 5.02 Å². The van der Waals surface area contributed by atoms with Crippen molar-refractivity contribution >= 4 is 11.6 Å². The minimum atomic E-state index is 0.0863. The van der Waals surface area contributed by atoms with E-state index in [2.05, 4.69) is 36.1 Å². The third kappa shape index (κ3) is 3.59. The predicted molar refractivity (Wildman–Crippen MR) is 75.6 cm³/mol. The van der Waals surface area contributed by atoms with E-state index in [1.165, 1.54) is 0 Å². The fraction of sp³-hybridized carbons (Fsp3) is 0.357. The fourth-order valence-electron chi connectivity index (χ4n) is 1.60. The van der Waals surface area contributed by atoms with Gasteiger partial charge in [0.05, 0.1) is 18.4 Å². The average Bonchev–Trinajstić information content (AvgIpc) is 2.74. The van der Waals surface area contributed by atoms with Gasteiger partial charge in [-0.3, -0.25) is 0 Å². The molecule has 0 amide bonds. The van der Waals surface area contributed by atoms with Gasteiger partial charge in [-0.2, -0.15) is 0 Å². The highest BCUT2D eigenvalue weighted by Gasteiger charge is 2.10. The molecule has 0 aliphatic heterocycles. The van der Waals surface area contributed by atoms with Crippen LogP contribution in [0.5, 0.6) is 0 Å². The summed E-state index contributed by atoms with van der Waals surface area (Å²) in [5, 5.41) is 4.13. The van der Waals surface area contributed by atoms with E-state index in [1.54, 1.807) is 0 Å². The molecular formula is C14H18ClN3. The molecular weight excluding hydrogens is 246 g/mol. The quantitative estimate of drug-likeness (QED) is 0.888. The van der Waals surface area contributed by atoms with E-state index >= 15 is 0 Å². The van der Waals surface area contributed by atoms with Crippen LogP contribution in [0, 0.1) is 0 Å². The molecule has 4 heteroatoms. The number of imidazole rings is 1. The molecule has 0 radical (unpaired) electrons. The van der Waals surface area contributed by atoms with Crippen LogP contribution in [-0.4, -0.2) is 15.5 Å². The van der Waals surface area contributed by atoms with Gasteiger partial charge in [-0.1, -0.05) is 23.7 Å². The minimum Gasteiger partial charge on any atom is -0.341 e. The Hall–Kier alpha value is -1.32. The molecule has 0 bridgehead atoms. The largest absolute Gasteiger partial charge is 0.341 e. The molecule has 0 fully saturated rings. The lowest BCUT2D eigenvalue weighted by Gasteiger charge is -2.19. The normalized spacial score (nSPS) is 11.8. The number of H-pyrrole nitrogens is 1. The fourth-order valence-corrected chi connectivity index (χ4v) is 1.79. The van der Waals surface area contributed by atoms with E-state index in [1.807, 2.05) is 30.5 Å². The Morgan fingerprint density at radius 1 is 1.33 bits per heavy atom. The van der Waals surface area contributed by atoms with Crippen LogP contribution in [0.1, 0.15) is 26.6 Å². The van der Waals surface area contributed by atoms with Gasteiger partial charge < -0.3 is 10.3 Å². The maximum atomic E-state index is 5.98. The van der Waals surface area contributed by atoms with Crippen molar-refractivity contribution in [3.05, 3.63) is 41.3 Å². The number of aromatic nitrogens is 2. The highest BCUT2D eigenvalue weighted by molar-refractivity contribution is 6.30. The molecule has 2 rings (SSSR count). The van der Waals surface area contributed by atoms with E-state index in [-0.39, 0.29) is 5.54 Å². The van der Waals surface area contributed by atoms with Crippen molar-refractivity contribution in [2.45, 2.75) is 32.9 Å². The highest BCUT2D eigenvalue weighted by Crippen LogP contribution is 2.20. The van der Waals surface area contributed by atoms with Gasteiger partial charge in [-0.05, 0) is 32.9 Å². The Morgan fingerprint density at radius 3 is 2.78 bits per heavy atom. The Bertz CT molecular complexity index is 526. The molecule has 3 nitrogen and oxygen atoms in total. The van der Waals surface area contributed by atoms with Crippen LogP contribution in [0.4, 0.5) is 0 Å². The smallest absolute Gasteiger partial charge is 0.120 e. The first-order chi connectivity index (χ1) is 8.44. The summed E-state index contributed by atoms with van der Waals surface area (Å²) in [6.45, 7) is 7.12. The molecule has 0 unspecified atom stereocenters. The topological polar surface area (TPSA) is 40.7 Å². The van der Waals surface area contributed by atoms with Gasteiger partial charge in [-0.15, -0.1) is 0 Å².